The minimum atomic E-state index is -7.22. The quantitative estimate of drug-likeness (QED) is 0.247. The van der Waals surface area contributed by atoms with Gasteiger partial charge in [-0.05, 0) is 17.7 Å². The maximum Gasteiger partial charge on any atom is 0.475 e. The molecule has 2 unspecified atom stereocenters. The predicted octanol–water partition coefficient (Wildman–Crippen LogP) is 7.91. The third-order valence-corrected chi connectivity index (χ3v) is 5.71. The van der Waals surface area contributed by atoms with Gasteiger partial charge in [0.05, 0.1) is 0 Å². The summed E-state index contributed by atoms with van der Waals surface area (Å²) >= 11 is 18.3. The summed E-state index contributed by atoms with van der Waals surface area (Å²) in [5, 5.41) is 0. The maximum absolute atomic E-state index is 14.9. The molecular weight excluding hydrogens is 618 g/mol. The van der Waals surface area contributed by atoms with Crippen molar-refractivity contribution in [3.63, 3.8) is 0 Å². The highest BCUT2D eigenvalue weighted by Gasteiger charge is 2.82. The molecule has 0 fully saturated rings. The molecule has 0 heterocycles. The average Bonchev–Trinajstić information content (AvgIpc) is 2.50. The van der Waals surface area contributed by atoms with E-state index in [0.717, 1.165) is 0 Å². The van der Waals surface area contributed by atoms with Gasteiger partial charge in [-0.1, -0.05) is 50.7 Å². The van der Waals surface area contributed by atoms with Crippen LogP contribution in [-0.4, -0.2) is 31.8 Å². The zero-order valence-corrected chi connectivity index (χ0v) is 18.4. The second-order valence-corrected chi connectivity index (χ2v) is 10.5. The maximum atomic E-state index is 14.9. The Labute approximate surface area is 190 Å². The molecule has 0 N–H and O–H groups in total. The lowest BCUT2D eigenvalue weighted by molar-refractivity contribution is -0.389. The van der Waals surface area contributed by atoms with Crippen LogP contribution in [0.3, 0.4) is 0 Å². The van der Waals surface area contributed by atoms with Crippen molar-refractivity contribution in [1.82, 2.24) is 0 Å². The number of hydrogen-bond acceptors (Lipinski definition) is 1. The van der Waals surface area contributed by atoms with Gasteiger partial charge < -0.3 is 0 Å². The second kappa shape index (κ2) is 8.58. The van der Waals surface area contributed by atoms with E-state index in [1.807, 2.05) is 0 Å². The van der Waals surface area contributed by atoms with Crippen LogP contribution in [0.2, 0.25) is 0 Å². The SMILES string of the molecule is O=S(c1cc(Br)c(CC(Cl)(Cl)Cl)c(C(F)(C(F)(F)F)C(F)(F)C(F)(F)F)c1)C(F)(F)F. The van der Waals surface area contributed by atoms with Gasteiger partial charge in [0.1, 0.15) is 0 Å². The first-order valence-corrected chi connectivity index (χ1v) is 10.0. The molecule has 1 aromatic carbocycles. The molecule has 0 bridgehead atoms. The minimum absolute atomic E-state index is 0.154. The number of halogens is 16. The number of benzene rings is 1. The molecule has 0 aliphatic heterocycles. The summed E-state index contributed by atoms with van der Waals surface area (Å²) < 4.78 is 167. The predicted molar refractivity (Wildman–Crippen MR) is 90.4 cm³/mol. The van der Waals surface area contributed by atoms with Gasteiger partial charge in [-0.3, -0.25) is 0 Å². The van der Waals surface area contributed by atoms with E-state index in [0.29, 0.717) is 0 Å². The lowest BCUT2D eigenvalue weighted by Gasteiger charge is -2.37. The van der Waals surface area contributed by atoms with Crippen LogP contribution < -0.4 is 0 Å². The van der Waals surface area contributed by atoms with E-state index in [1.54, 1.807) is 0 Å². The largest absolute Gasteiger partial charge is 0.475 e. The lowest BCUT2D eigenvalue weighted by Crippen LogP contribution is -2.60. The molecule has 0 aliphatic rings. The van der Waals surface area contributed by atoms with Gasteiger partial charge >= 0.3 is 29.5 Å². The Kier molecular flexibility index (Phi) is 8.01. The molecule has 0 radical (unpaired) electrons. The molecule has 2 atom stereocenters. The van der Waals surface area contributed by atoms with Crippen LogP contribution in [0.25, 0.3) is 0 Å². The topological polar surface area (TPSA) is 17.1 Å². The van der Waals surface area contributed by atoms with Gasteiger partial charge in [0.2, 0.25) is 0 Å². The molecule has 180 valence electrons. The fraction of sp³-hybridized carbons (Fsp3) is 0.538. The number of hydrogen-bond donors (Lipinski definition) is 0. The molecule has 0 aliphatic carbocycles. The minimum Gasteiger partial charge on any atom is -0.245 e. The molecule has 31 heavy (non-hydrogen) atoms. The first-order valence-electron chi connectivity index (χ1n) is 6.96. The third kappa shape index (κ3) is 5.69. The highest BCUT2D eigenvalue weighted by molar-refractivity contribution is 9.10. The van der Waals surface area contributed by atoms with E-state index in [1.165, 1.54) is 0 Å². The average molecular weight is 622 g/mol. The summed E-state index contributed by atoms with van der Waals surface area (Å²) in [6.07, 6.45) is -15.7. The monoisotopic (exact) mass is 620 g/mol. The van der Waals surface area contributed by atoms with Gasteiger partial charge in [0, 0.05) is 21.4 Å². The normalized spacial score (nSPS) is 17.4. The first kappa shape index (κ1) is 28.9. The fourth-order valence-electron chi connectivity index (χ4n) is 2.24. The Hall–Kier alpha value is -0.120. The van der Waals surface area contributed by atoms with Crippen LogP contribution >= 0.6 is 50.7 Å². The Balaban J connectivity index is 4.18. The van der Waals surface area contributed by atoms with Gasteiger partial charge in [0.25, 0.3) is 0 Å². The highest BCUT2D eigenvalue weighted by Crippen LogP contribution is 2.60. The van der Waals surface area contributed by atoms with Crippen LogP contribution in [-0.2, 0) is 22.9 Å². The van der Waals surface area contributed by atoms with Crippen molar-refractivity contribution in [2.45, 2.75) is 44.6 Å². The van der Waals surface area contributed by atoms with E-state index in [-0.39, 0.29) is 6.07 Å². The molecule has 1 rings (SSSR count). The van der Waals surface area contributed by atoms with Crippen LogP contribution in [0.4, 0.5) is 52.7 Å². The van der Waals surface area contributed by atoms with Crippen LogP contribution in [0, 0.1) is 0 Å². The molecule has 18 heteroatoms. The number of rotatable bonds is 4. The smallest absolute Gasteiger partial charge is 0.245 e. The Morgan fingerprint density at radius 1 is 0.806 bits per heavy atom. The fourth-order valence-corrected chi connectivity index (χ4v) is 4.10. The molecule has 1 nitrogen and oxygen atoms in total. The molecule has 0 saturated carbocycles. The van der Waals surface area contributed by atoms with Crippen LogP contribution in [0.5, 0.6) is 0 Å². The van der Waals surface area contributed by atoms with E-state index in [9.17, 15) is 56.9 Å². The number of alkyl halides is 15. The van der Waals surface area contributed by atoms with Gasteiger partial charge in [0.15, 0.2) is 14.6 Å². The summed E-state index contributed by atoms with van der Waals surface area (Å²) in [6.45, 7) is 0. The standard InChI is InChI=1S/C13H4BrCl3F12OS/c14-7-2-4(31(30)13(27,28)29)1-6(5(7)3-8(15,16)17)9(18,11(21,22)23)10(19,20)12(24,25)26/h1-2H,3H2. The zero-order chi connectivity index (χ0) is 25.0. The van der Waals surface area contributed by atoms with Gasteiger partial charge in [-0.15, -0.1) is 0 Å². The van der Waals surface area contributed by atoms with Crippen LogP contribution in [0.1, 0.15) is 11.1 Å². The second-order valence-electron chi connectivity index (χ2n) is 5.67. The van der Waals surface area contributed by atoms with Gasteiger partial charge in [-0.2, -0.15) is 48.3 Å². The summed E-state index contributed by atoms with van der Waals surface area (Å²) in [5.74, 6) is -7.22. The van der Waals surface area contributed by atoms with Crippen molar-refractivity contribution >= 4 is 61.5 Å². The van der Waals surface area contributed by atoms with Crippen molar-refractivity contribution in [3.05, 3.63) is 27.7 Å². The molecule has 0 amide bonds. The van der Waals surface area contributed by atoms with Crippen molar-refractivity contribution in [2.24, 2.45) is 0 Å². The summed E-state index contributed by atoms with van der Waals surface area (Å²) in [7, 11) is -4.25. The van der Waals surface area contributed by atoms with Gasteiger partial charge in [-0.25, -0.2) is 8.60 Å². The molecule has 0 saturated heterocycles. The molecular formula is C13H4BrCl3F12OS. The van der Waals surface area contributed by atoms with Crippen molar-refractivity contribution in [1.29, 1.82) is 0 Å². The lowest BCUT2D eigenvalue weighted by atomic mass is 9.84. The summed E-state index contributed by atoms with van der Waals surface area (Å²) in [5.41, 5.74) is -16.5. The Bertz CT molecular complexity index is 862. The summed E-state index contributed by atoms with van der Waals surface area (Å²) in [4.78, 5) is -1.77. The highest BCUT2D eigenvalue weighted by atomic mass is 79.9. The van der Waals surface area contributed by atoms with Crippen molar-refractivity contribution in [2.75, 3.05) is 0 Å². The Morgan fingerprint density at radius 2 is 1.26 bits per heavy atom. The van der Waals surface area contributed by atoms with E-state index in [2.05, 4.69) is 15.9 Å². The Morgan fingerprint density at radius 3 is 1.58 bits per heavy atom. The van der Waals surface area contributed by atoms with Crippen molar-refractivity contribution < 1.29 is 56.9 Å². The molecule has 0 aromatic heterocycles. The first-order chi connectivity index (χ1) is 13.4. The van der Waals surface area contributed by atoms with Crippen molar-refractivity contribution in [3.8, 4) is 0 Å². The third-order valence-electron chi connectivity index (χ3n) is 3.52. The summed E-state index contributed by atoms with van der Waals surface area (Å²) in [6, 6.07) is -0.533. The molecule has 1 aromatic rings. The molecule has 0 spiro atoms. The van der Waals surface area contributed by atoms with E-state index in [4.69, 9.17) is 34.8 Å². The zero-order valence-electron chi connectivity index (χ0n) is 13.7. The van der Waals surface area contributed by atoms with E-state index >= 15 is 0 Å². The van der Waals surface area contributed by atoms with E-state index < -0.39 is 77.0 Å². The van der Waals surface area contributed by atoms with Crippen LogP contribution in [0.15, 0.2) is 21.5 Å².